The molecule has 0 saturated carbocycles. The number of aryl methyl sites for hydroxylation is 1. The lowest BCUT2D eigenvalue weighted by Crippen LogP contribution is -2.17. The molecule has 0 fully saturated rings. The number of hydrogen-bond donors (Lipinski definition) is 1. The Morgan fingerprint density at radius 3 is 2.87 bits per heavy atom. The Bertz CT molecular complexity index is 268. The highest BCUT2D eigenvalue weighted by molar-refractivity contribution is 5.34. The molecule has 0 bridgehead atoms. The van der Waals surface area contributed by atoms with Crippen molar-refractivity contribution in [2.45, 2.75) is 59.0 Å². The Morgan fingerprint density at radius 2 is 2.20 bits per heavy atom. The van der Waals surface area contributed by atoms with Crippen LogP contribution in [0.5, 0.6) is 0 Å². The number of unbranched alkanes of at least 4 members (excludes halogenated alkanes) is 1. The zero-order valence-corrected chi connectivity index (χ0v) is 10.2. The van der Waals surface area contributed by atoms with E-state index in [-0.39, 0.29) is 0 Å². The van der Waals surface area contributed by atoms with Crippen LogP contribution in [-0.4, -0.2) is 15.8 Å². The minimum absolute atomic E-state index is 0.534. The van der Waals surface area contributed by atoms with Crippen LogP contribution in [0.4, 0.5) is 5.82 Å². The van der Waals surface area contributed by atoms with E-state index in [1.54, 1.807) is 0 Å². The standard InChI is InChI=1S/C12H23N3/c1-4-6-10-15-12(8-9-13-15)14-11(3)7-5-2/h8-9,11,14H,4-7,10H2,1-3H3. The molecule has 0 saturated heterocycles. The molecule has 1 atom stereocenters. The summed E-state index contributed by atoms with van der Waals surface area (Å²) >= 11 is 0. The van der Waals surface area contributed by atoms with Gasteiger partial charge in [0.2, 0.25) is 0 Å². The quantitative estimate of drug-likeness (QED) is 0.747. The highest BCUT2D eigenvalue weighted by Gasteiger charge is 2.05. The van der Waals surface area contributed by atoms with E-state index in [9.17, 15) is 0 Å². The number of aromatic nitrogens is 2. The summed E-state index contributed by atoms with van der Waals surface area (Å²) in [5.41, 5.74) is 0. The van der Waals surface area contributed by atoms with Crippen molar-refractivity contribution in [1.29, 1.82) is 0 Å². The fourth-order valence-corrected chi connectivity index (χ4v) is 1.70. The predicted molar refractivity (Wildman–Crippen MR) is 65.1 cm³/mol. The van der Waals surface area contributed by atoms with Crippen molar-refractivity contribution >= 4 is 5.82 Å². The topological polar surface area (TPSA) is 29.9 Å². The highest BCUT2D eigenvalue weighted by Crippen LogP contribution is 2.11. The van der Waals surface area contributed by atoms with E-state index in [1.165, 1.54) is 25.7 Å². The monoisotopic (exact) mass is 209 g/mol. The molecule has 0 radical (unpaired) electrons. The van der Waals surface area contributed by atoms with E-state index in [1.807, 2.05) is 6.20 Å². The Morgan fingerprint density at radius 1 is 1.40 bits per heavy atom. The predicted octanol–water partition coefficient (Wildman–Crippen LogP) is 3.28. The molecule has 1 heterocycles. The molecule has 86 valence electrons. The second-order valence-electron chi connectivity index (χ2n) is 4.13. The summed E-state index contributed by atoms with van der Waals surface area (Å²) in [6.45, 7) is 7.66. The Balaban J connectivity index is 2.48. The van der Waals surface area contributed by atoms with Gasteiger partial charge in [0.15, 0.2) is 0 Å². The number of hydrogen-bond acceptors (Lipinski definition) is 2. The molecule has 0 spiro atoms. The van der Waals surface area contributed by atoms with Gasteiger partial charge in [0.1, 0.15) is 5.82 Å². The number of anilines is 1. The van der Waals surface area contributed by atoms with Crippen LogP contribution >= 0.6 is 0 Å². The van der Waals surface area contributed by atoms with Crippen LogP contribution in [0, 0.1) is 0 Å². The average molecular weight is 209 g/mol. The smallest absolute Gasteiger partial charge is 0.124 e. The lowest BCUT2D eigenvalue weighted by atomic mass is 10.2. The fourth-order valence-electron chi connectivity index (χ4n) is 1.70. The third-order valence-corrected chi connectivity index (χ3v) is 2.56. The summed E-state index contributed by atoms with van der Waals surface area (Å²) in [4.78, 5) is 0. The summed E-state index contributed by atoms with van der Waals surface area (Å²) in [6.07, 6.45) is 6.70. The summed E-state index contributed by atoms with van der Waals surface area (Å²) in [6, 6.07) is 2.59. The van der Waals surface area contributed by atoms with Gasteiger partial charge in [0.05, 0.1) is 6.20 Å². The average Bonchev–Trinajstić information content (AvgIpc) is 2.63. The van der Waals surface area contributed by atoms with Gasteiger partial charge in [-0.3, -0.25) is 0 Å². The molecule has 15 heavy (non-hydrogen) atoms. The first-order valence-electron chi connectivity index (χ1n) is 6.06. The lowest BCUT2D eigenvalue weighted by Gasteiger charge is -2.15. The molecular weight excluding hydrogens is 186 g/mol. The van der Waals surface area contributed by atoms with Gasteiger partial charge in [0, 0.05) is 18.7 Å². The van der Waals surface area contributed by atoms with Crippen molar-refractivity contribution in [2.24, 2.45) is 0 Å². The van der Waals surface area contributed by atoms with Gasteiger partial charge in [-0.25, -0.2) is 4.68 Å². The van der Waals surface area contributed by atoms with E-state index in [0.29, 0.717) is 6.04 Å². The third kappa shape index (κ3) is 3.94. The van der Waals surface area contributed by atoms with Gasteiger partial charge in [-0.2, -0.15) is 5.10 Å². The van der Waals surface area contributed by atoms with Gasteiger partial charge in [-0.05, 0) is 19.8 Å². The molecule has 0 aliphatic carbocycles. The Hall–Kier alpha value is -0.990. The second-order valence-corrected chi connectivity index (χ2v) is 4.13. The molecule has 3 nitrogen and oxygen atoms in total. The van der Waals surface area contributed by atoms with Crippen LogP contribution in [0.3, 0.4) is 0 Å². The fraction of sp³-hybridized carbons (Fsp3) is 0.750. The Kier molecular flexibility index (Phi) is 5.22. The van der Waals surface area contributed by atoms with Gasteiger partial charge in [-0.1, -0.05) is 26.7 Å². The molecule has 0 aliphatic heterocycles. The van der Waals surface area contributed by atoms with Crippen LogP contribution in [-0.2, 0) is 6.54 Å². The minimum atomic E-state index is 0.534. The van der Waals surface area contributed by atoms with Crippen LogP contribution in [0.25, 0.3) is 0 Å². The van der Waals surface area contributed by atoms with Crippen LogP contribution in [0.2, 0.25) is 0 Å². The van der Waals surface area contributed by atoms with Gasteiger partial charge in [-0.15, -0.1) is 0 Å². The molecule has 0 aromatic carbocycles. The molecule has 0 aliphatic rings. The molecular formula is C12H23N3. The van der Waals surface area contributed by atoms with E-state index in [0.717, 1.165) is 12.4 Å². The number of rotatable bonds is 7. The first kappa shape index (κ1) is 12.1. The van der Waals surface area contributed by atoms with Crippen molar-refractivity contribution in [3.63, 3.8) is 0 Å². The molecule has 1 N–H and O–H groups in total. The van der Waals surface area contributed by atoms with E-state index >= 15 is 0 Å². The Labute approximate surface area is 92.9 Å². The number of nitrogens with one attached hydrogen (secondary N) is 1. The van der Waals surface area contributed by atoms with Crippen LogP contribution in [0.1, 0.15) is 46.5 Å². The molecule has 1 aromatic rings. The molecule has 1 unspecified atom stereocenters. The summed E-state index contributed by atoms with van der Waals surface area (Å²) in [5, 5.41) is 7.82. The molecule has 1 rings (SSSR count). The maximum atomic E-state index is 4.32. The van der Waals surface area contributed by atoms with E-state index in [2.05, 4.69) is 41.9 Å². The van der Waals surface area contributed by atoms with E-state index < -0.39 is 0 Å². The molecule has 0 amide bonds. The normalized spacial score (nSPS) is 12.7. The van der Waals surface area contributed by atoms with Crippen LogP contribution < -0.4 is 5.32 Å². The van der Waals surface area contributed by atoms with Gasteiger partial charge in [0.25, 0.3) is 0 Å². The maximum absolute atomic E-state index is 4.32. The molecule has 3 heteroatoms. The van der Waals surface area contributed by atoms with Crippen molar-refractivity contribution in [1.82, 2.24) is 9.78 Å². The first-order valence-corrected chi connectivity index (χ1v) is 6.06. The van der Waals surface area contributed by atoms with Crippen molar-refractivity contribution in [2.75, 3.05) is 5.32 Å². The summed E-state index contributed by atoms with van der Waals surface area (Å²) in [7, 11) is 0. The van der Waals surface area contributed by atoms with Crippen molar-refractivity contribution < 1.29 is 0 Å². The zero-order chi connectivity index (χ0) is 11.1. The second kappa shape index (κ2) is 6.49. The number of nitrogens with zero attached hydrogens (tertiary/aromatic N) is 2. The molecule has 1 aromatic heterocycles. The maximum Gasteiger partial charge on any atom is 0.124 e. The van der Waals surface area contributed by atoms with Gasteiger partial charge >= 0.3 is 0 Å². The SMILES string of the molecule is CCCCn1nccc1NC(C)CCC. The first-order chi connectivity index (χ1) is 7.27. The highest BCUT2D eigenvalue weighted by atomic mass is 15.3. The third-order valence-electron chi connectivity index (χ3n) is 2.56. The van der Waals surface area contributed by atoms with Crippen molar-refractivity contribution in [3.05, 3.63) is 12.3 Å². The zero-order valence-electron chi connectivity index (χ0n) is 10.2. The van der Waals surface area contributed by atoms with Crippen LogP contribution in [0.15, 0.2) is 12.3 Å². The summed E-state index contributed by atoms with van der Waals surface area (Å²) < 4.78 is 2.07. The van der Waals surface area contributed by atoms with Gasteiger partial charge < -0.3 is 5.32 Å². The van der Waals surface area contributed by atoms with E-state index in [4.69, 9.17) is 0 Å². The minimum Gasteiger partial charge on any atom is -0.368 e. The largest absolute Gasteiger partial charge is 0.368 e. The van der Waals surface area contributed by atoms with Crippen molar-refractivity contribution in [3.8, 4) is 0 Å². The summed E-state index contributed by atoms with van der Waals surface area (Å²) in [5.74, 6) is 1.16. The lowest BCUT2D eigenvalue weighted by molar-refractivity contribution is 0.569.